The minimum absolute atomic E-state index is 0.219. The third kappa shape index (κ3) is 1.62. The summed E-state index contributed by atoms with van der Waals surface area (Å²) in [7, 11) is 0. The number of rotatable bonds is 2. The molecule has 1 atom stereocenters. The zero-order valence-corrected chi connectivity index (χ0v) is 6.81. The highest BCUT2D eigenvalue weighted by Crippen LogP contribution is 2.32. The molecule has 1 saturated carbocycles. The van der Waals surface area contributed by atoms with Crippen LogP contribution in [-0.2, 0) is 4.79 Å². The molecule has 1 aliphatic heterocycles. The smallest absolute Gasteiger partial charge is 0.152 e. The molecule has 0 spiro atoms. The Morgan fingerprint density at radius 3 is 2.55 bits per heavy atom. The predicted molar refractivity (Wildman–Crippen MR) is 43.4 cm³/mol. The first-order valence-corrected chi connectivity index (χ1v) is 4.65. The Bertz CT molecular complexity index is 157. The van der Waals surface area contributed by atoms with Gasteiger partial charge in [0.2, 0.25) is 0 Å². The zero-order chi connectivity index (χ0) is 7.68. The molecule has 2 nitrogen and oxygen atoms in total. The van der Waals surface area contributed by atoms with Gasteiger partial charge in [-0.3, -0.25) is 4.79 Å². The van der Waals surface area contributed by atoms with Crippen molar-refractivity contribution in [2.24, 2.45) is 5.92 Å². The van der Waals surface area contributed by atoms with Gasteiger partial charge in [0.1, 0.15) is 0 Å². The lowest BCUT2D eigenvalue weighted by molar-refractivity contribution is -0.122. The maximum Gasteiger partial charge on any atom is 0.152 e. The standard InChI is InChI=1S/C9H15NO/c11-9(7-4-5-7)8-3-1-2-6-10-8/h7-8,10H,1-6H2/t8-/m0/s1. The third-order valence-electron chi connectivity index (χ3n) is 2.63. The molecule has 2 rings (SSSR count). The van der Waals surface area contributed by atoms with Crippen molar-refractivity contribution in [2.45, 2.75) is 38.1 Å². The summed E-state index contributed by atoms with van der Waals surface area (Å²) in [5.41, 5.74) is 0. The van der Waals surface area contributed by atoms with Crippen LogP contribution in [0.1, 0.15) is 32.1 Å². The molecule has 0 bridgehead atoms. The zero-order valence-electron chi connectivity index (χ0n) is 6.81. The lowest BCUT2D eigenvalue weighted by atomic mass is 9.99. The first-order chi connectivity index (χ1) is 5.38. The maximum absolute atomic E-state index is 11.5. The van der Waals surface area contributed by atoms with Gasteiger partial charge >= 0.3 is 0 Å². The van der Waals surface area contributed by atoms with Gasteiger partial charge in [-0.1, -0.05) is 6.42 Å². The third-order valence-corrected chi connectivity index (χ3v) is 2.63. The summed E-state index contributed by atoms with van der Waals surface area (Å²) < 4.78 is 0. The summed E-state index contributed by atoms with van der Waals surface area (Å²) >= 11 is 0. The Hall–Kier alpha value is -0.370. The molecule has 0 radical (unpaired) electrons. The van der Waals surface area contributed by atoms with Crippen LogP contribution in [0.25, 0.3) is 0 Å². The number of carbonyl (C=O) groups is 1. The molecule has 62 valence electrons. The van der Waals surface area contributed by atoms with Gasteiger partial charge < -0.3 is 5.32 Å². The van der Waals surface area contributed by atoms with Crippen LogP contribution in [0, 0.1) is 5.92 Å². The predicted octanol–water partition coefficient (Wildman–Crippen LogP) is 1.11. The van der Waals surface area contributed by atoms with Crippen molar-refractivity contribution in [2.75, 3.05) is 6.54 Å². The van der Waals surface area contributed by atoms with Gasteiger partial charge in [-0.25, -0.2) is 0 Å². The van der Waals surface area contributed by atoms with E-state index >= 15 is 0 Å². The largest absolute Gasteiger partial charge is 0.307 e. The molecule has 1 saturated heterocycles. The Kier molecular flexibility index (Phi) is 1.95. The minimum atomic E-state index is 0.219. The molecule has 2 heteroatoms. The highest BCUT2D eigenvalue weighted by molar-refractivity contribution is 5.88. The first kappa shape index (κ1) is 7.29. The van der Waals surface area contributed by atoms with E-state index in [4.69, 9.17) is 0 Å². The molecular weight excluding hydrogens is 138 g/mol. The van der Waals surface area contributed by atoms with Gasteiger partial charge in [-0.2, -0.15) is 0 Å². The van der Waals surface area contributed by atoms with Crippen molar-refractivity contribution >= 4 is 5.78 Å². The maximum atomic E-state index is 11.5. The summed E-state index contributed by atoms with van der Waals surface area (Å²) in [4.78, 5) is 11.5. The van der Waals surface area contributed by atoms with Crippen LogP contribution in [0.5, 0.6) is 0 Å². The number of Topliss-reactive ketones (excluding diaryl/α,β-unsaturated/α-hetero) is 1. The van der Waals surface area contributed by atoms with E-state index in [0.29, 0.717) is 11.7 Å². The lowest BCUT2D eigenvalue weighted by Crippen LogP contribution is -2.41. The number of hydrogen-bond acceptors (Lipinski definition) is 2. The van der Waals surface area contributed by atoms with Crippen LogP contribution in [0.3, 0.4) is 0 Å². The molecular formula is C9H15NO. The van der Waals surface area contributed by atoms with E-state index in [1.807, 2.05) is 0 Å². The van der Waals surface area contributed by atoms with E-state index in [2.05, 4.69) is 5.32 Å². The van der Waals surface area contributed by atoms with Gasteiger partial charge in [0.05, 0.1) is 6.04 Å². The van der Waals surface area contributed by atoms with Crippen LogP contribution in [0.4, 0.5) is 0 Å². The van der Waals surface area contributed by atoms with Gasteiger partial charge in [-0.15, -0.1) is 0 Å². The Labute approximate surface area is 67.4 Å². The molecule has 1 N–H and O–H groups in total. The average molecular weight is 153 g/mol. The second kappa shape index (κ2) is 2.94. The fraction of sp³-hybridized carbons (Fsp3) is 0.889. The highest BCUT2D eigenvalue weighted by Gasteiger charge is 2.34. The fourth-order valence-electron chi connectivity index (χ4n) is 1.75. The molecule has 0 aromatic carbocycles. The Morgan fingerprint density at radius 1 is 1.18 bits per heavy atom. The van der Waals surface area contributed by atoms with E-state index in [9.17, 15) is 4.79 Å². The van der Waals surface area contributed by atoms with Crippen LogP contribution in [-0.4, -0.2) is 18.4 Å². The monoisotopic (exact) mass is 153 g/mol. The van der Waals surface area contributed by atoms with E-state index < -0.39 is 0 Å². The Morgan fingerprint density at radius 2 is 2.00 bits per heavy atom. The number of hydrogen-bond donors (Lipinski definition) is 1. The first-order valence-electron chi connectivity index (χ1n) is 4.65. The molecule has 2 fully saturated rings. The van der Waals surface area contributed by atoms with Crippen LogP contribution >= 0.6 is 0 Å². The SMILES string of the molecule is O=C(C1CC1)[C@@H]1CCCCN1. The van der Waals surface area contributed by atoms with E-state index in [1.165, 1.54) is 12.8 Å². The molecule has 2 aliphatic rings. The Balaban J connectivity index is 1.86. The van der Waals surface area contributed by atoms with Gasteiger partial charge in [0.15, 0.2) is 5.78 Å². The molecule has 0 aromatic rings. The number of ketones is 1. The second-order valence-corrected chi connectivity index (χ2v) is 3.68. The topological polar surface area (TPSA) is 29.1 Å². The lowest BCUT2D eigenvalue weighted by Gasteiger charge is -2.21. The molecule has 1 heterocycles. The molecule has 11 heavy (non-hydrogen) atoms. The highest BCUT2D eigenvalue weighted by atomic mass is 16.1. The van der Waals surface area contributed by atoms with E-state index in [1.54, 1.807) is 0 Å². The minimum Gasteiger partial charge on any atom is -0.307 e. The molecule has 0 unspecified atom stereocenters. The van der Waals surface area contributed by atoms with Crippen molar-refractivity contribution in [1.82, 2.24) is 5.32 Å². The van der Waals surface area contributed by atoms with Gasteiger partial charge in [0.25, 0.3) is 0 Å². The molecule has 0 aromatic heterocycles. The van der Waals surface area contributed by atoms with Crippen molar-refractivity contribution in [3.05, 3.63) is 0 Å². The van der Waals surface area contributed by atoms with Crippen molar-refractivity contribution in [1.29, 1.82) is 0 Å². The van der Waals surface area contributed by atoms with Gasteiger partial charge in [-0.05, 0) is 32.2 Å². The summed E-state index contributed by atoms with van der Waals surface area (Å²) in [6.07, 6.45) is 5.86. The van der Waals surface area contributed by atoms with E-state index in [0.717, 1.165) is 25.8 Å². The average Bonchev–Trinajstić information content (AvgIpc) is 2.87. The van der Waals surface area contributed by atoms with Crippen molar-refractivity contribution < 1.29 is 4.79 Å². The summed E-state index contributed by atoms with van der Waals surface area (Å²) in [5, 5.41) is 3.29. The molecule has 0 amide bonds. The quantitative estimate of drug-likeness (QED) is 0.643. The molecule has 1 aliphatic carbocycles. The summed E-state index contributed by atoms with van der Waals surface area (Å²) in [6, 6.07) is 0.219. The second-order valence-electron chi connectivity index (χ2n) is 3.68. The van der Waals surface area contributed by atoms with Crippen LogP contribution in [0.15, 0.2) is 0 Å². The normalized spacial score (nSPS) is 31.8. The van der Waals surface area contributed by atoms with Crippen molar-refractivity contribution in [3.8, 4) is 0 Å². The number of nitrogens with one attached hydrogen (secondary N) is 1. The summed E-state index contributed by atoms with van der Waals surface area (Å²) in [6.45, 7) is 1.04. The number of piperidine rings is 1. The van der Waals surface area contributed by atoms with Crippen molar-refractivity contribution in [3.63, 3.8) is 0 Å². The summed E-state index contributed by atoms with van der Waals surface area (Å²) in [5.74, 6) is 0.926. The van der Waals surface area contributed by atoms with Crippen LogP contribution in [0.2, 0.25) is 0 Å². The van der Waals surface area contributed by atoms with E-state index in [-0.39, 0.29) is 6.04 Å². The number of carbonyl (C=O) groups excluding carboxylic acids is 1. The fourth-order valence-corrected chi connectivity index (χ4v) is 1.75. The van der Waals surface area contributed by atoms with Gasteiger partial charge in [0, 0.05) is 5.92 Å². The van der Waals surface area contributed by atoms with Crippen LogP contribution < -0.4 is 5.32 Å².